The van der Waals surface area contributed by atoms with Crippen molar-refractivity contribution >= 4 is 18.3 Å². The van der Waals surface area contributed by atoms with Gasteiger partial charge in [0.05, 0.1) is 6.04 Å². The van der Waals surface area contributed by atoms with Crippen LogP contribution in [0.4, 0.5) is 0 Å². The van der Waals surface area contributed by atoms with Gasteiger partial charge in [0.15, 0.2) is 0 Å². The lowest BCUT2D eigenvalue weighted by atomic mass is 9.83. The van der Waals surface area contributed by atoms with Gasteiger partial charge in [-0.3, -0.25) is 9.69 Å². The average Bonchev–Trinajstić information content (AvgIpc) is 3.28. The number of nitrogens with zero attached hydrogens (tertiary/aromatic N) is 2. The number of likely N-dealkylation sites (tertiary alicyclic amines) is 2. The van der Waals surface area contributed by atoms with E-state index in [9.17, 15) is 4.79 Å². The first-order valence-corrected chi connectivity index (χ1v) is 8.38. The minimum absolute atomic E-state index is 0. The molecule has 0 aromatic heterocycles. The van der Waals surface area contributed by atoms with Crippen LogP contribution in [0.5, 0.6) is 0 Å². The van der Waals surface area contributed by atoms with Crippen LogP contribution >= 0.6 is 12.4 Å². The molecule has 2 heterocycles. The van der Waals surface area contributed by atoms with Crippen molar-refractivity contribution in [3.05, 3.63) is 0 Å². The highest BCUT2D eigenvalue weighted by atomic mass is 35.5. The Labute approximate surface area is 134 Å². The predicted molar refractivity (Wildman–Crippen MR) is 87.5 cm³/mol. The van der Waals surface area contributed by atoms with Gasteiger partial charge >= 0.3 is 0 Å². The van der Waals surface area contributed by atoms with Crippen LogP contribution in [0.2, 0.25) is 0 Å². The maximum absolute atomic E-state index is 12.4. The number of hydrogen-bond acceptors (Lipinski definition) is 3. The number of nitrogens with two attached hydrogens (primary N) is 1. The van der Waals surface area contributed by atoms with E-state index in [0.717, 1.165) is 31.6 Å². The van der Waals surface area contributed by atoms with Gasteiger partial charge < -0.3 is 10.6 Å². The molecule has 5 heteroatoms. The molecule has 1 aliphatic carbocycles. The molecule has 0 bridgehead atoms. The quantitative estimate of drug-likeness (QED) is 0.865. The summed E-state index contributed by atoms with van der Waals surface area (Å²) in [6.45, 7) is 7.19. The van der Waals surface area contributed by atoms with Crippen LogP contribution in [0.3, 0.4) is 0 Å². The van der Waals surface area contributed by atoms with E-state index in [0.29, 0.717) is 5.92 Å². The topological polar surface area (TPSA) is 49.6 Å². The highest BCUT2D eigenvalue weighted by molar-refractivity contribution is 5.85. The van der Waals surface area contributed by atoms with E-state index in [-0.39, 0.29) is 30.3 Å². The number of piperidine rings is 2. The Morgan fingerprint density at radius 3 is 2.48 bits per heavy atom. The molecule has 4 nitrogen and oxygen atoms in total. The van der Waals surface area contributed by atoms with Crippen LogP contribution in [-0.2, 0) is 4.79 Å². The second kappa shape index (κ2) is 6.84. The van der Waals surface area contributed by atoms with E-state index >= 15 is 0 Å². The summed E-state index contributed by atoms with van der Waals surface area (Å²) >= 11 is 0. The SMILES string of the molecule is CC(C)[C@H](N)C(=O)N1CCC2C(CCCN2C2CC2)C1.Cl. The normalized spacial score (nSPS) is 31.5. The molecule has 2 saturated heterocycles. The van der Waals surface area contributed by atoms with Crippen molar-refractivity contribution in [1.82, 2.24) is 9.80 Å². The number of hydrogen-bond donors (Lipinski definition) is 1. The molecule has 1 amide bonds. The summed E-state index contributed by atoms with van der Waals surface area (Å²) in [5.41, 5.74) is 6.04. The van der Waals surface area contributed by atoms with E-state index < -0.39 is 0 Å². The van der Waals surface area contributed by atoms with Crippen molar-refractivity contribution < 1.29 is 4.79 Å². The molecule has 21 heavy (non-hydrogen) atoms. The van der Waals surface area contributed by atoms with Crippen LogP contribution < -0.4 is 5.73 Å². The number of fused-ring (bicyclic) bond motifs is 1. The Bertz CT molecular complexity index is 373. The fourth-order valence-corrected chi connectivity index (χ4v) is 4.00. The maximum atomic E-state index is 12.4. The lowest BCUT2D eigenvalue weighted by molar-refractivity contribution is -0.137. The third kappa shape index (κ3) is 3.54. The Hall–Kier alpha value is -0.320. The molecule has 0 radical (unpaired) electrons. The van der Waals surface area contributed by atoms with Gasteiger partial charge in [-0.2, -0.15) is 0 Å². The lowest BCUT2D eigenvalue weighted by Gasteiger charge is -2.48. The first-order chi connectivity index (χ1) is 9.58. The zero-order valence-electron chi connectivity index (χ0n) is 13.3. The Morgan fingerprint density at radius 2 is 1.86 bits per heavy atom. The lowest BCUT2D eigenvalue weighted by Crippen LogP contribution is -2.58. The molecule has 3 atom stereocenters. The van der Waals surface area contributed by atoms with E-state index in [2.05, 4.69) is 4.90 Å². The largest absolute Gasteiger partial charge is 0.341 e. The molecule has 3 rings (SSSR count). The van der Waals surface area contributed by atoms with Crippen LogP contribution in [-0.4, -0.2) is 53.5 Å². The van der Waals surface area contributed by atoms with Crippen molar-refractivity contribution in [2.75, 3.05) is 19.6 Å². The molecule has 0 aromatic rings. The molecule has 1 saturated carbocycles. The molecule has 2 N–H and O–H groups in total. The first-order valence-electron chi connectivity index (χ1n) is 8.38. The van der Waals surface area contributed by atoms with E-state index in [4.69, 9.17) is 5.73 Å². The zero-order valence-corrected chi connectivity index (χ0v) is 14.1. The molecular formula is C16H30ClN3O. The second-order valence-corrected chi connectivity index (χ2v) is 7.28. The fraction of sp³-hybridized carbons (Fsp3) is 0.938. The summed E-state index contributed by atoms with van der Waals surface area (Å²) in [5.74, 6) is 1.08. The monoisotopic (exact) mass is 315 g/mol. The van der Waals surface area contributed by atoms with Gasteiger partial charge in [0, 0.05) is 25.2 Å². The molecule has 122 valence electrons. The molecule has 0 spiro atoms. The number of carbonyl (C=O) groups excluding carboxylic acids is 1. The number of amides is 1. The summed E-state index contributed by atoms with van der Waals surface area (Å²) in [5, 5.41) is 0. The van der Waals surface area contributed by atoms with E-state index in [1.807, 2.05) is 18.7 Å². The van der Waals surface area contributed by atoms with Crippen molar-refractivity contribution in [3.8, 4) is 0 Å². The molecule has 0 aromatic carbocycles. The smallest absolute Gasteiger partial charge is 0.239 e. The van der Waals surface area contributed by atoms with E-state index in [1.165, 1.54) is 32.2 Å². The standard InChI is InChI=1S/C16H29N3O.ClH/c1-11(2)15(17)16(20)18-9-7-14-12(10-18)4-3-8-19(14)13-5-6-13;/h11-15H,3-10,17H2,1-2H3;1H/t12?,14?,15-;/m0./s1. The van der Waals surface area contributed by atoms with E-state index in [1.54, 1.807) is 0 Å². The number of rotatable bonds is 3. The van der Waals surface area contributed by atoms with Crippen molar-refractivity contribution in [1.29, 1.82) is 0 Å². The van der Waals surface area contributed by atoms with Crippen molar-refractivity contribution in [3.63, 3.8) is 0 Å². The summed E-state index contributed by atoms with van der Waals surface area (Å²) in [6, 6.07) is 1.27. The van der Waals surface area contributed by atoms with Gasteiger partial charge in [-0.15, -0.1) is 12.4 Å². The second-order valence-electron chi connectivity index (χ2n) is 7.28. The van der Waals surface area contributed by atoms with Crippen molar-refractivity contribution in [2.24, 2.45) is 17.6 Å². The minimum Gasteiger partial charge on any atom is -0.341 e. The Morgan fingerprint density at radius 1 is 1.14 bits per heavy atom. The molecule has 2 unspecified atom stereocenters. The van der Waals surface area contributed by atoms with Crippen LogP contribution in [0.15, 0.2) is 0 Å². The maximum Gasteiger partial charge on any atom is 0.239 e. The average molecular weight is 316 g/mol. The third-order valence-corrected chi connectivity index (χ3v) is 5.44. The third-order valence-electron chi connectivity index (χ3n) is 5.44. The van der Waals surface area contributed by atoms with Gasteiger partial charge in [0.25, 0.3) is 0 Å². The fourth-order valence-electron chi connectivity index (χ4n) is 4.00. The molecular weight excluding hydrogens is 286 g/mol. The van der Waals surface area contributed by atoms with Gasteiger partial charge in [-0.1, -0.05) is 13.8 Å². The van der Waals surface area contributed by atoms with Gasteiger partial charge in [-0.05, 0) is 50.5 Å². The molecule has 3 fully saturated rings. The summed E-state index contributed by atoms with van der Waals surface area (Å²) < 4.78 is 0. The van der Waals surface area contributed by atoms with Gasteiger partial charge in [0.1, 0.15) is 0 Å². The zero-order chi connectivity index (χ0) is 14.3. The highest BCUT2D eigenvalue weighted by Gasteiger charge is 2.43. The van der Waals surface area contributed by atoms with Gasteiger partial charge in [-0.25, -0.2) is 0 Å². The summed E-state index contributed by atoms with van der Waals surface area (Å²) in [7, 11) is 0. The first kappa shape index (κ1) is 17.0. The summed E-state index contributed by atoms with van der Waals surface area (Å²) in [6.07, 6.45) is 6.52. The van der Waals surface area contributed by atoms with Crippen LogP contribution in [0.1, 0.15) is 46.0 Å². The summed E-state index contributed by atoms with van der Waals surface area (Å²) in [4.78, 5) is 17.2. The van der Waals surface area contributed by atoms with Gasteiger partial charge in [0.2, 0.25) is 5.91 Å². The molecule has 2 aliphatic heterocycles. The Balaban J connectivity index is 0.00000161. The van der Waals surface area contributed by atoms with Crippen LogP contribution in [0, 0.1) is 11.8 Å². The van der Waals surface area contributed by atoms with Crippen molar-refractivity contribution in [2.45, 2.75) is 64.1 Å². The number of carbonyl (C=O) groups is 1. The predicted octanol–water partition coefficient (Wildman–Crippen LogP) is 1.87. The number of halogens is 1. The van der Waals surface area contributed by atoms with Crippen LogP contribution in [0.25, 0.3) is 0 Å². The Kier molecular flexibility index (Phi) is 5.55. The highest BCUT2D eigenvalue weighted by Crippen LogP contribution is 2.38. The minimum atomic E-state index is -0.324. The molecule has 3 aliphatic rings.